The minimum absolute atomic E-state index is 0.0740. The van der Waals surface area contributed by atoms with Gasteiger partial charge in [0.25, 0.3) is 0 Å². The van der Waals surface area contributed by atoms with Crippen molar-refractivity contribution in [2.45, 2.75) is 44.7 Å². The van der Waals surface area contributed by atoms with Crippen LogP contribution in [0.5, 0.6) is 0 Å². The molecule has 1 saturated carbocycles. The highest BCUT2D eigenvalue weighted by atomic mass is 19.2. The number of aromatic nitrogens is 4. The summed E-state index contributed by atoms with van der Waals surface area (Å²) in [6.45, 7) is 0.0740. The molecule has 0 radical (unpaired) electrons. The average molecular weight is 336 g/mol. The fraction of sp³-hybridized carbons (Fsp3) is 0.467. The van der Waals surface area contributed by atoms with Gasteiger partial charge in [0.2, 0.25) is 0 Å². The second kappa shape index (κ2) is 7.33. The zero-order chi connectivity index (χ0) is 16.9. The van der Waals surface area contributed by atoms with Crippen LogP contribution < -0.4 is 10.6 Å². The maximum absolute atomic E-state index is 13.3. The molecule has 1 aromatic carbocycles. The van der Waals surface area contributed by atoms with Gasteiger partial charge in [-0.2, -0.15) is 4.68 Å². The predicted octanol–water partition coefficient (Wildman–Crippen LogP) is 2.07. The van der Waals surface area contributed by atoms with Crippen LogP contribution in [0.25, 0.3) is 5.69 Å². The number of carbonyl (C=O) groups is 1. The maximum Gasteiger partial charge on any atom is 0.315 e. The van der Waals surface area contributed by atoms with E-state index in [0.29, 0.717) is 5.82 Å². The molecule has 2 N–H and O–H groups in total. The van der Waals surface area contributed by atoms with Crippen molar-refractivity contribution in [3.8, 4) is 5.69 Å². The van der Waals surface area contributed by atoms with Crippen molar-refractivity contribution in [1.29, 1.82) is 0 Å². The van der Waals surface area contributed by atoms with Gasteiger partial charge < -0.3 is 10.6 Å². The van der Waals surface area contributed by atoms with Crippen LogP contribution in [0, 0.1) is 11.6 Å². The van der Waals surface area contributed by atoms with E-state index in [1.165, 1.54) is 17.2 Å². The number of benzene rings is 1. The van der Waals surface area contributed by atoms with E-state index in [1.54, 1.807) is 0 Å². The van der Waals surface area contributed by atoms with Crippen LogP contribution >= 0.6 is 0 Å². The van der Waals surface area contributed by atoms with Gasteiger partial charge in [0.05, 0.1) is 12.2 Å². The first-order valence-electron chi connectivity index (χ1n) is 7.90. The van der Waals surface area contributed by atoms with E-state index >= 15 is 0 Å². The van der Waals surface area contributed by atoms with Gasteiger partial charge in [-0.05, 0) is 35.4 Å². The molecule has 0 aliphatic heterocycles. The maximum atomic E-state index is 13.3. The van der Waals surface area contributed by atoms with Crippen molar-refractivity contribution in [3.05, 3.63) is 35.7 Å². The number of carbonyl (C=O) groups excluding carboxylic acids is 1. The summed E-state index contributed by atoms with van der Waals surface area (Å²) in [5.41, 5.74) is 0.281. The predicted molar refractivity (Wildman–Crippen MR) is 81.3 cm³/mol. The summed E-state index contributed by atoms with van der Waals surface area (Å²) in [5, 5.41) is 16.7. The number of nitrogens with zero attached hydrogens (tertiary/aromatic N) is 4. The third kappa shape index (κ3) is 3.84. The molecule has 2 amide bonds. The molecule has 1 fully saturated rings. The van der Waals surface area contributed by atoms with Crippen molar-refractivity contribution in [2.75, 3.05) is 0 Å². The smallest absolute Gasteiger partial charge is 0.315 e. The Morgan fingerprint density at radius 2 is 2.00 bits per heavy atom. The van der Waals surface area contributed by atoms with E-state index < -0.39 is 11.6 Å². The number of nitrogens with one attached hydrogen (secondary N) is 2. The van der Waals surface area contributed by atoms with E-state index in [2.05, 4.69) is 26.2 Å². The largest absolute Gasteiger partial charge is 0.335 e. The lowest BCUT2D eigenvalue weighted by Crippen LogP contribution is -2.42. The normalized spacial score (nSPS) is 15.2. The molecule has 1 aromatic heterocycles. The fourth-order valence-corrected chi connectivity index (χ4v) is 2.78. The number of hydrogen-bond acceptors (Lipinski definition) is 4. The van der Waals surface area contributed by atoms with Crippen LogP contribution in [-0.2, 0) is 6.54 Å². The zero-order valence-electron chi connectivity index (χ0n) is 13.0. The van der Waals surface area contributed by atoms with Crippen LogP contribution in [0.15, 0.2) is 18.2 Å². The highest BCUT2D eigenvalue weighted by molar-refractivity contribution is 5.74. The summed E-state index contributed by atoms with van der Waals surface area (Å²) in [6, 6.07) is 3.26. The van der Waals surface area contributed by atoms with Crippen LogP contribution in [0.1, 0.15) is 37.9 Å². The van der Waals surface area contributed by atoms with Crippen LogP contribution in [0.3, 0.4) is 0 Å². The van der Waals surface area contributed by atoms with E-state index in [9.17, 15) is 13.6 Å². The molecule has 0 atom stereocenters. The van der Waals surface area contributed by atoms with Gasteiger partial charge in [0.1, 0.15) is 0 Å². The zero-order valence-corrected chi connectivity index (χ0v) is 13.0. The molecule has 24 heavy (non-hydrogen) atoms. The Bertz CT molecular complexity index is 714. The molecule has 0 saturated heterocycles. The number of amides is 2. The molecule has 2 aromatic rings. The molecular weight excluding hydrogens is 318 g/mol. The Morgan fingerprint density at radius 3 is 2.75 bits per heavy atom. The third-order valence-corrected chi connectivity index (χ3v) is 4.03. The number of halogens is 2. The first kappa shape index (κ1) is 16.3. The topological polar surface area (TPSA) is 84.7 Å². The van der Waals surface area contributed by atoms with E-state index in [-0.39, 0.29) is 24.3 Å². The van der Waals surface area contributed by atoms with Gasteiger partial charge in [-0.25, -0.2) is 13.6 Å². The molecule has 7 nitrogen and oxygen atoms in total. The molecule has 1 aliphatic rings. The minimum Gasteiger partial charge on any atom is -0.335 e. The fourth-order valence-electron chi connectivity index (χ4n) is 2.78. The highest BCUT2D eigenvalue weighted by Crippen LogP contribution is 2.17. The number of urea groups is 1. The Balaban J connectivity index is 1.61. The summed E-state index contributed by atoms with van der Waals surface area (Å²) >= 11 is 0. The SMILES string of the molecule is O=C(NCc1nnnn1-c1ccc(F)c(F)c1)NC1CCCCC1. The van der Waals surface area contributed by atoms with Gasteiger partial charge >= 0.3 is 6.03 Å². The van der Waals surface area contributed by atoms with Crippen molar-refractivity contribution in [2.24, 2.45) is 0 Å². The first-order chi connectivity index (χ1) is 11.6. The molecule has 1 heterocycles. The standard InChI is InChI=1S/C15H18F2N6O/c16-12-7-6-11(8-13(12)17)23-14(20-21-22-23)9-18-15(24)19-10-4-2-1-3-5-10/h6-8,10H,1-5,9H2,(H2,18,19,24). The molecule has 128 valence electrons. The van der Waals surface area contributed by atoms with Gasteiger partial charge in [-0.3, -0.25) is 0 Å². The minimum atomic E-state index is -0.989. The number of hydrogen-bond donors (Lipinski definition) is 2. The average Bonchev–Trinajstić information content (AvgIpc) is 3.05. The van der Waals surface area contributed by atoms with Crippen molar-refractivity contribution < 1.29 is 13.6 Å². The second-order valence-corrected chi connectivity index (χ2v) is 5.77. The Hall–Kier alpha value is -2.58. The molecular formula is C15H18F2N6O. The van der Waals surface area contributed by atoms with Crippen LogP contribution in [0.2, 0.25) is 0 Å². The molecule has 0 unspecified atom stereocenters. The number of rotatable bonds is 4. The van der Waals surface area contributed by atoms with Gasteiger partial charge in [-0.1, -0.05) is 19.3 Å². The van der Waals surface area contributed by atoms with Crippen LogP contribution in [0.4, 0.5) is 13.6 Å². The molecule has 3 rings (SSSR count). The quantitative estimate of drug-likeness (QED) is 0.895. The van der Waals surface area contributed by atoms with Crippen LogP contribution in [-0.4, -0.2) is 32.3 Å². The lowest BCUT2D eigenvalue weighted by molar-refractivity contribution is 0.232. The summed E-state index contributed by atoms with van der Waals surface area (Å²) in [5.74, 6) is -1.62. The Labute approximate surface area is 137 Å². The lowest BCUT2D eigenvalue weighted by Gasteiger charge is -2.22. The van der Waals surface area contributed by atoms with Crippen molar-refractivity contribution >= 4 is 6.03 Å². The third-order valence-electron chi connectivity index (χ3n) is 4.03. The Kier molecular flexibility index (Phi) is 4.97. The first-order valence-corrected chi connectivity index (χ1v) is 7.90. The summed E-state index contributed by atoms with van der Waals surface area (Å²) < 4.78 is 27.6. The Morgan fingerprint density at radius 1 is 1.21 bits per heavy atom. The monoisotopic (exact) mass is 336 g/mol. The molecule has 0 bridgehead atoms. The van der Waals surface area contributed by atoms with Gasteiger partial charge in [-0.15, -0.1) is 5.10 Å². The summed E-state index contributed by atoms with van der Waals surface area (Å²) in [4.78, 5) is 11.9. The summed E-state index contributed by atoms with van der Waals surface area (Å²) in [6.07, 6.45) is 5.43. The van der Waals surface area contributed by atoms with Crippen molar-refractivity contribution in [1.82, 2.24) is 30.8 Å². The van der Waals surface area contributed by atoms with Gasteiger partial charge in [0, 0.05) is 12.1 Å². The number of tetrazole rings is 1. The van der Waals surface area contributed by atoms with Gasteiger partial charge in [0.15, 0.2) is 17.5 Å². The lowest BCUT2D eigenvalue weighted by atomic mass is 9.96. The van der Waals surface area contributed by atoms with Crippen molar-refractivity contribution in [3.63, 3.8) is 0 Å². The second-order valence-electron chi connectivity index (χ2n) is 5.77. The summed E-state index contributed by atoms with van der Waals surface area (Å²) in [7, 11) is 0. The van der Waals surface area contributed by atoms with E-state index in [1.807, 2.05) is 0 Å². The molecule has 9 heteroatoms. The molecule has 0 spiro atoms. The molecule has 1 aliphatic carbocycles. The van der Waals surface area contributed by atoms with E-state index in [0.717, 1.165) is 37.8 Å². The highest BCUT2D eigenvalue weighted by Gasteiger charge is 2.16. The van der Waals surface area contributed by atoms with E-state index in [4.69, 9.17) is 0 Å².